The van der Waals surface area contributed by atoms with Crippen LogP contribution >= 0.6 is 0 Å². The van der Waals surface area contributed by atoms with Crippen LogP contribution in [0.1, 0.15) is 47.5 Å². The molecule has 3 heterocycles. The number of fused-ring (bicyclic) bond motifs is 1. The lowest BCUT2D eigenvalue weighted by Crippen LogP contribution is -2.26. The van der Waals surface area contributed by atoms with Crippen LogP contribution in [0.5, 0.6) is 0 Å². The summed E-state index contributed by atoms with van der Waals surface area (Å²) >= 11 is 0. The monoisotopic (exact) mass is 345 g/mol. The number of aromatic nitrogens is 4. The number of hydrogen-bond acceptors (Lipinski definition) is 5. The second kappa shape index (κ2) is 6.34. The molecule has 1 aliphatic rings. The number of nitrogens with zero attached hydrogens (tertiary/aromatic N) is 4. The summed E-state index contributed by atoms with van der Waals surface area (Å²) in [7, 11) is 1.90. The number of anilines is 1. The summed E-state index contributed by atoms with van der Waals surface area (Å²) in [5.41, 5.74) is 4.73. The average Bonchev–Trinajstić information content (AvgIpc) is 2.96. The zero-order valence-electron chi connectivity index (χ0n) is 15.2. The van der Waals surface area contributed by atoms with Gasteiger partial charge in [0.25, 0.3) is 0 Å². The van der Waals surface area contributed by atoms with Crippen LogP contribution in [-0.2, 0) is 27.9 Å². The van der Waals surface area contributed by atoms with E-state index in [0.29, 0.717) is 18.8 Å². The fourth-order valence-electron chi connectivity index (χ4n) is 3.60. The molecular formula is C17H23N5O3. The molecule has 0 saturated heterocycles. The number of carbonyl (C=O) groups is 2. The van der Waals surface area contributed by atoms with E-state index >= 15 is 0 Å². The summed E-state index contributed by atoms with van der Waals surface area (Å²) in [4.78, 5) is 24.2. The summed E-state index contributed by atoms with van der Waals surface area (Å²) in [5.74, 6) is -0.00840. The van der Waals surface area contributed by atoms with Crippen LogP contribution in [0.2, 0.25) is 0 Å². The quantitative estimate of drug-likeness (QED) is 0.850. The van der Waals surface area contributed by atoms with E-state index in [9.17, 15) is 9.59 Å². The number of esters is 1. The predicted octanol–water partition coefficient (Wildman–Crippen LogP) is 1.58. The molecular weight excluding hydrogens is 322 g/mol. The van der Waals surface area contributed by atoms with E-state index in [1.165, 1.54) is 4.68 Å². The van der Waals surface area contributed by atoms with Crippen molar-refractivity contribution in [3.8, 4) is 0 Å². The van der Waals surface area contributed by atoms with Gasteiger partial charge in [-0.05, 0) is 27.7 Å². The lowest BCUT2D eigenvalue weighted by atomic mass is 9.84. The molecule has 0 spiro atoms. The zero-order chi connectivity index (χ0) is 18.3. The molecule has 8 heteroatoms. The third-order valence-electron chi connectivity index (χ3n) is 4.67. The van der Waals surface area contributed by atoms with Gasteiger partial charge >= 0.3 is 5.97 Å². The molecule has 1 aliphatic heterocycles. The minimum atomic E-state index is -0.377. The van der Waals surface area contributed by atoms with Gasteiger partial charge < -0.3 is 10.1 Å². The molecule has 1 amide bonds. The van der Waals surface area contributed by atoms with Crippen molar-refractivity contribution >= 4 is 17.7 Å². The summed E-state index contributed by atoms with van der Waals surface area (Å²) < 4.78 is 8.35. The Hall–Kier alpha value is -2.64. The molecule has 1 atom stereocenters. The molecule has 1 N–H and O–H groups in total. The first-order valence-corrected chi connectivity index (χ1v) is 8.36. The van der Waals surface area contributed by atoms with Crippen molar-refractivity contribution in [3.63, 3.8) is 0 Å². The summed E-state index contributed by atoms with van der Waals surface area (Å²) in [6.07, 6.45) is 0.340. The molecule has 134 valence electrons. The Labute approximate surface area is 146 Å². The van der Waals surface area contributed by atoms with Crippen LogP contribution in [-0.4, -0.2) is 38.0 Å². The van der Waals surface area contributed by atoms with Gasteiger partial charge in [0.15, 0.2) is 0 Å². The standard InChI is InChI=1S/C17H23N5O3/c1-6-25-14(24)8-22-17-16(10(3)20-22)12(7-13(23)18-17)15-9(2)19-21(5)11(15)4/h12H,6-8H2,1-5H3,(H,18,23). The van der Waals surface area contributed by atoms with Crippen LogP contribution in [0.3, 0.4) is 0 Å². The molecule has 0 fully saturated rings. The summed E-state index contributed by atoms with van der Waals surface area (Å²) in [6, 6.07) is 0. The number of nitrogens with one attached hydrogen (secondary N) is 1. The Morgan fingerprint density at radius 2 is 1.92 bits per heavy atom. The molecule has 2 aromatic rings. The molecule has 0 saturated carbocycles. The van der Waals surface area contributed by atoms with Crippen molar-refractivity contribution in [1.29, 1.82) is 0 Å². The van der Waals surface area contributed by atoms with Crippen molar-refractivity contribution in [2.75, 3.05) is 11.9 Å². The molecule has 2 aromatic heterocycles. The first-order chi connectivity index (χ1) is 11.8. The third kappa shape index (κ3) is 2.92. The zero-order valence-corrected chi connectivity index (χ0v) is 15.2. The van der Waals surface area contributed by atoms with E-state index in [0.717, 1.165) is 28.2 Å². The molecule has 0 radical (unpaired) electrons. The molecule has 8 nitrogen and oxygen atoms in total. The normalized spacial score (nSPS) is 16.5. The van der Waals surface area contributed by atoms with Crippen LogP contribution in [0.4, 0.5) is 5.82 Å². The Morgan fingerprint density at radius 1 is 1.24 bits per heavy atom. The highest BCUT2D eigenvalue weighted by molar-refractivity contribution is 5.95. The Kier molecular flexibility index (Phi) is 4.36. The summed E-state index contributed by atoms with van der Waals surface area (Å²) in [5, 5.41) is 11.8. The van der Waals surface area contributed by atoms with E-state index in [2.05, 4.69) is 15.5 Å². The number of amides is 1. The predicted molar refractivity (Wildman–Crippen MR) is 91.4 cm³/mol. The molecule has 1 unspecified atom stereocenters. The number of rotatable bonds is 4. The number of ether oxygens (including phenoxy) is 1. The maximum atomic E-state index is 12.3. The smallest absolute Gasteiger partial charge is 0.327 e. The van der Waals surface area contributed by atoms with Gasteiger partial charge in [-0.15, -0.1) is 0 Å². The molecule has 3 rings (SSSR count). The number of carbonyl (C=O) groups excluding carboxylic acids is 2. The van der Waals surface area contributed by atoms with Crippen LogP contribution in [0.25, 0.3) is 0 Å². The summed E-state index contributed by atoms with van der Waals surface area (Å²) in [6.45, 7) is 7.89. The van der Waals surface area contributed by atoms with E-state index in [1.54, 1.807) is 6.92 Å². The average molecular weight is 345 g/mol. The van der Waals surface area contributed by atoms with Gasteiger partial charge in [-0.1, -0.05) is 0 Å². The van der Waals surface area contributed by atoms with Crippen molar-refractivity contribution < 1.29 is 14.3 Å². The van der Waals surface area contributed by atoms with E-state index in [1.807, 2.05) is 32.5 Å². The highest BCUT2D eigenvalue weighted by Gasteiger charge is 2.35. The van der Waals surface area contributed by atoms with Gasteiger partial charge in [-0.3, -0.25) is 14.3 Å². The first kappa shape index (κ1) is 17.2. The van der Waals surface area contributed by atoms with E-state index in [-0.39, 0.29) is 24.3 Å². The lowest BCUT2D eigenvalue weighted by Gasteiger charge is -2.24. The Balaban J connectivity index is 2.08. The van der Waals surface area contributed by atoms with Gasteiger partial charge in [-0.2, -0.15) is 10.2 Å². The van der Waals surface area contributed by atoms with Crippen molar-refractivity contribution in [2.45, 2.75) is 46.6 Å². The van der Waals surface area contributed by atoms with Crippen molar-refractivity contribution in [2.24, 2.45) is 7.05 Å². The topological polar surface area (TPSA) is 91.0 Å². The second-order valence-corrected chi connectivity index (χ2v) is 6.32. The lowest BCUT2D eigenvalue weighted by molar-refractivity contribution is -0.144. The van der Waals surface area contributed by atoms with Crippen molar-refractivity contribution in [1.82, 2.24) is 19.6 Å². The van der Waals surface area contributed by atoms with Gasteiger partial charge in [0.1, 0.15) is 12.4 Å². The van der Waals surface area contributed by atoms with E-state index in [4.69, 9.17) is 4.74 Å². The van der Waals surface area contributed by atoms with Gasteiger partial charge in [-0.25, -0.2) is 4.68 Å². The SMILES string of the molecule is CCOC(=O)Cn1nc(C)c2c1NC(=O)CC2c1c(C)nn(C)c1C. The molecule has 0 aliphatic carbocycles. The number of aryl methyl sites for hydroxylation is 3. The van der Waals surface area contributed by atoms with Gasteiger partial charge in [0, 0.05) is 36.2 Å². The van der Waals surface area contributed by atoms with Gasteiger partial charge in [0.2, 0.25) is 5.91 Å². The largest absolute Gasteiger partial charge is 0.465 e. The third-order valence-corrected chi connectivity index (χ3v) is 4.67. The van der Waals surface area contributed by atoms with Crippen LogP contribution in [0.15, 0.2) is 0 Å². The Bertz CT molecular complexity index is 849. The molecule has 25 heavy (non-hydrogen) atoms. The maximum Gasteiger partial charge on any atom is 0.327 e. The van der Waals surface area contributed by atoms with Crippen LogP contribution < -0.4 is 5.32 Å². The maximum absolute atomic E-state index is 12.3. The van der Waals surface area contributed by atoms with Crippen molar-refractivity contribution in [3.05, 3.63) is 28.2 Å². The number of hydrogen-bond donors (Lipinski definition) is 1. The second-order valence-electron chi connectivity index (χ2n) is 6.32. The fraction of sp³-hybridized carbons (Fsp3) is 0.529. The van der Waals surface area contributed by atoms with E-state index < -0.39 is 0 Å². The van der Waals surface area contributed by atoms with Gasteiger partial charge in [0.05, 0.1) is 18.0 Å². The fourth-order valence-corrected chi connectivity index (χ4v) is 3.60. The minimum Gasteiger partial charge on any atom is -0.465 e. The highest BCUT2D eigenvalue weighted by atomic mass is 16.5. The molecule has 0 bridgehead atoms. The molecule has 0 aromatic carbocycles. The minimum absolute atomic E-state index is 0.0258. The van der Waals surface area contributed by atoms with Crippen LogP contribution in [0, 0.1) is 20.8 Å². The first-order valence-electron chi connectivity index (χ1n) is 8.36. The highest BCUT2D eigenvalue weighted by Crippen LogP contribution is 2.41. The Morgan fingerprint density at radius 3 is 2.52 bits per heavy atom.